The molecule has 2 aromatic rings. The fourth-order valence-corrected chi connectivity index (χ4v) is 2.69. The number of nitrogens with zero attached hydrogens (tertiary/aromatic N) is 2. The third kappa shape index (κ3) is 4.15. The van der Waals surface area contributed by atoms with Crippen molar-refractivity contribution < 1.29 is 8.42 Å². The summed E-state index contributed by atoms with van der Waals surface area (Å²) < 4.78 is 24.7. The van der Waals surface area contributed by atoms with Crippen LogP contribution in [0.25, 0.3) is 0 Å². The molecule has 1 N–H and O–H groups in total. The second-order valence-corrected chi connectivity index (χ2v) is 7.33. The summed E-state index contributed by atoms with van der Waals surface area (Å²) in [5, 5.41) is 7.68. The highest BCUT2D eigenvalue weighted by molar-refractivity contribution is 7.90. The van der Waals surface area contributed by atoms with Gasteiger partial charge in [-0.05, 0) is 37.6 Å². The Morgan fingerprint density at radius 3 is 2.43 bits per heavy atom. The predicted molar refractivity (Wildman–Crippen MR) is 82.8 cm³/mol. The highest BCUT2D eigenvalue weighted by Gasteiger charge is 2.13. The molecule has 0 fully saturated rings. The van der Waals surface area contributed by atoms with Crippen molar-refractivity contribution >= 4 is 9.84 Å². The monoisotopic (exact) mass is 307 g/mol. The summed E-state index contributed by atoms with van der Waals surface area (Å²) in [6.07, 6.45) is 4.94. The van der Waals surface area contributed by atoms with Crippen molar-refractivity contribution in [2.45, 2.75) is 37.4 Å². The number of aromatic nitrogens is 2. The quantitative estimate of drug-likeness (QED) is 0.887. The van der Waals surface area contributed by atoms with E-state index in [2.05, 4.69) is 24.3 Å². The molecule has 21 heavy (non-hydrogen) atoms. The molecule has 0 aliphatic rings. The van der Waals surface area contributed by atoms with Gasteiger partial charge in [-0.25, -0.2) is 8.42 Å². The van der Waals surface area contributed by atoms with Gasteiger partial charge in [-0.15, -0.1) is 0 Å². The third-order valence-corrected chi connectivity index (χ3v) is 4.77. The maximum absolute atomic E-state index is 11.4. The zero-order chi connectivity index (χ0) is 15.5. The molecule has 2 rings (SSSR count). The smallest absolute Gasteiger partial charge is 0.175 e. The number of benzene rings is 1. The van der Waals surface area contributed by atoms with Gasteiger partial charge in [0.2, 0.25) is 0 Å². The van der Waals surface area contributed by atoms with Crippen LogP contribution in [-0.2, 0) is 16.4 Å². The lowest BCUT2D eigenvalue weighted by Gasteiger charge is -2.21. The second-order valence-electron chi connectivity index (χ2n) is 5.31. The fraction of sp³-hybridized carbons (Fsp3) is 0.400. The van der Waals surface area contributed by atoms with E-state index < -0.39 is 9.84 Å². The van der Waals surface area contributed by atoms with Gasteiger partial charge in [0.15, 0.2) is 9.84 Å². The molecule has 0 aliphatic carbocycles. The van der Waals surface area contributed by atoms with Crippen LogP contribution >= 0.6 is 0 Å². The molecule has 0 aliphatic heterocycles. The maximum atomic E-state index is 11.4. The van der Waals surface area contributed by atoms with Crippen LogP contribution in [0.15, 0.2) is 47.6 Å². The van der Waals surface area contributed by atoms with Crippen LogP contribution in [0.3, 0.4) is 0 Å². The third-order valence-electron chi connectivity index (χ3n) is 3.65. The first-order valence-electron chi connectivity index (χ1n) is 6.89. The Hall–Kier alpha value is -1.66. The van der Waals surface area contributed by atoms with Gasteiger partial charge < -0.3 is 5.32 Å². The van der Waals surface area contributed by atoms with E-state index >= 15 is 0 Å². The summed E-state index contributed by atoms with van der Waals surface area (Å²) in [6.45, 7) is 4.91. The van der Waals surface area contributed by atoms with Crippen LogP contribution in [-0.4, -0.2) is 30.5 Å². The highest BCUT2D eigenvalue weighted by atomic mass is 32.2. The van der Waals surface area contributed by atoms with E-state index in [1.54, 1.807) is 18.3 Å². The lowest BCUT2D eigenvalue weighted by Crippen LogP contribution is -2.33. The van der Waals surface area contributed by atoms with E-state index in [0.29, 0.717) is 11.4 Å². The van der Waals surface area contributed by atoms with Crippen LogP contribution in [0.4, 0.5) is 0 Å². The van der Waals surface area contributed by atoms with E-state index in [1.165, 1.54) is 6.26 Å². The van der Waals surface area contributed by atoms with Gasteiger partial charge in [-0.3, -0.25) is 4.68 Å². The summed E-state index contributed by atoms with van der Waals surface area (Å²) in [4.78, 5) is 0.351. The lowest BCUT2D eigenvalue weighted by atomic mass is 10.1. The van der Waals surface area contributed by atoms with Crippen molar-refractivity contribution in [1.29, 1.82) is 0 Å². The minimum absolute atomic E-state index is 0.246. The van der Waals surface area contributed by atoms with Gasteiger partial charge in [0.25, 0.3) is 0 Å². The number of nitrogens with one attached hydrogen (secondary N) is 1. The molecule has 0 spiro atoms. The highest BCUT2D eigenvalue weighted by Crippen LogP contribution is 2.12. The minimum atomic E-state index is -3.13. The molecule has 0 bridgehead atoms. The molecule has 1 heterocycles. The van der Waals surface area contributed by atoms with Crippen LogP contribution in [0.2, 0.25) is 0 Å². The van der Waals surface area contributed by atoms with Crippen LogP contribution in [0.5, 0.6) is 0 Å². The zero-order valence-corrected chi connectivity index (χ0v) is 13.3. The van der Waals surface area contributed by atoms with E-state index in [1.807, 2.05) is 29.1 Å². The maximum Gasteiger partial charge on any atom is 0.175 e. The van der Waals surface area contributed by atoms with Crippen LogP contribution in [0, 0.1) is 0 Å². The number of rotatable bonds is 6. The average molecular weight is 307 g/mol. The van der Waals surface area contributed by atoms with Gasteiger partial charge >= 0.3 is 0 Å². The van der Waals surface area contributed by atoms with Crippen LogP contribution in [0.1, 0.15) is 25.5 Å². The van der Waals surface area contributed by atoms with Crippen molar-refractivity contribution in [3.05, 3.63) is 48.3 Å². The number of hydrogen-bond donors (Lipinski definition) is 1. The molecule has 0 radical (unpaired) electrons. The molecule has 0 amide bonds. The van der Waals surface area contributed by atoms with E-state index in [0.717, 1.165) is 5.56 Å². The summed E-state index contributed by atoms with van der Waals surface area (Å²) in [7, 11) is -3.13. The van der Waals surface area contributed by atoms with E-state index in [9.17, 15) is 8.42 Å². The molecule has 114 valence electrons. The van der Waals surface area contributed by atoms with Gasteiger partial charge in [0.1, 0.15) is 0 Å². The molecule has 0 unspecified atom stereocenters. The largest absolute Gasteiger partial charge is 0.308 e. The first kappa shape index (κ1) is 15.7. The molecular weight excluding hydrogens is 286 g/mol. The molecule has 0 saturated carbocycles. The van der Waals surface area contributed by atoms with Crippen molar-refractivity contribution in [2.24, 2.45) is 0 Å². The summed E-state index contributed by atoms with van der Waals surface area (Å²) in [6, 6.07) is 9.38. The minimum Gasteiger partial charge on any atom is -0.308 e. The van der Waals surface area contributed by atoms with Crippen LogP contribution < -0.4 is 5.32 Å². The normalized spacial score (nSPS) is 14.8. The number of hydrogen-bond acceptors (Lipinski definition) is 4. The lowest BCUT2D eigenvalue weighted by molar-refractivity contribution is 0.365. The summed E-state index contributed by atoms with van der Waals surface area (Å²) in [5.41, 5.74) is 1.06. The van der Waals surface area contributed by atoms with Gasteiger partial charge in [0, 0.05) is 31.2 Å². The second kappa shape index (κ2) is 6.41. The topological polar surface area (TPSA) is 64.0 Å². The molecule has 5 nitrogen and oxygen atoms in total. The molecular formula is C15H21N3O2S. The number of sulfone groups is 1. The summed E-state index contributed by atoms with van der Waals surface area (Å²) >= 11 is 0. The Morgan fingerprint density at radius 2 is 1.90 bits per heavy atom. The van der Waals surface area contributed by atoms with Crippen molar-refractivity contribution in [3.8, 4) is 0 Å². The first-order chi connectivity index (χ1) is 9.88. The van der Waals surface area contributed by atoms with Gasteiger partial charge in [0.05, 0.1) is 10.9 Å². The first-order valence-corrected chi connectivity index (χ1v) is 8.78. The fourth-order valence-electron chi connectivity index (χ4n) is 2.05. The van der Waals surface area contributed by atoms with E-state index in [-0.39, 0.29) is 12.1 Å². The van der Waals surface area contributed by atoms with Gasteiger partial charge in [-0.1, -0.05) is 12.1 Å². The Bertz CT molecular complexity index is 663. The van der Waals surface area contributed by atoms with Crippen molar-refractivity contribution in [3.63, 3.8) is 0 Å². The predicted octanol–water partition coefficient (Wildman–Crippen LogP) is 2.03. The molecule has 1 aromatic carbocycles. The standard InChI is InChI=1S/C15H21N3O2S/c1-12(13(2)18-10-4-9-17-18)16-11-14-5-7-15(8-6-14)21(3,19)20/h4-10,12-13,16H,11H2,1-3H3/t12-,13-/m0/s1. The van der Waals surface area contributed by atoms with Gasteiger partial charge in [-0.2, -0.15) is 5.10 Å². The average Bonchev–Trinajstić information content (AvgIpc) is 2.97. The molecule has 6 heteroatoms. The van der Waals surface area contributed by atoms with E-state index in [4.69, 9.17) is 0 Å². The Morgan fingerprint density at radius 1 is 1.24 bits per heavy atom. The Labute approximate surface area is 125 Å². The molecule has 2 atom stereocenters. The van der Waals surface area contributed by atoms with Crippen molar-refractivity contribution in [1.82, 2.24) is 15.1 Å². The molecule has 0 saturated heterocycles. The zero-order valence-electron chi connectivity index (χ0n) is 12.5. The summed E-state index contributed by atoms with van der Waals surface area (Å²) in [5.74, 6) is 0. The molecule has 1 aromatic heterocycles. The Kier molecular flexibility index (Phi) is 4.80. The van der Waals surface area contributed by atoms with Crippen molar-refractivity contribution in [2.75, 3.05) is 6.26 Å². The Balaban J connectivity index is 1.94. The SMILES string of the molecule is C[C@H](NCc1ccc(S(C)(=O)=O)cc1)[C@H](C)n1cccn1.